The van der Waals surface area contributed by atoms with Crippen LogP contribution in [0.4, 0.5) is 0 Å². The van der Waals surface area contributed by atoms with E-state index in [1.54, 1.807) is 35.8 Å². The van der Waals surface area contributed by atoms with Crippen LogP contribution in [-0.4, -0.2) is 38.2 Å². The van der Waals surface area contributed by atoms with Gasteiger partial charge >= 0.3 is 0 Å². The number of fused-ring (bicyclic) bond motifs is 1. The van der Waals surface area contributed by atoms with Crippen molar-refractivity contribution in [1.82, 2.24) is 19.2 Å². The molecule has 28 heavy (non-hydrogen) atoms. The zero-order chi connectivity index (χ0) is 19.8. The summed E-state index contributed by atoms with van der Waals surface area (Å²) >= 11 is 5.92. The Balaban J connectivity index is 1.66. The lowest BCUT2D eigenvalue weighted by Crippen LogP contribution is -2.29. The molecule has 0 spiro atoms. The highest BCUT2D eigenvalue weighted by molar-refractivity contribution is 6.30. The molecular formula is C20H21ClN4O3. The smallest absolute Gasteiger partial charge is 0.280 e. The van der Waals surface area contributed by atoms with Crippen molar-refractivity contribution in [1.29, 1.82) is 0 Å². The molecule has 0 radical (unpaired) electrons. The van der Waals surface area contributed by atoms with E-state index in [0.717, 1.165) is 13.0 Å². The van der Waals surface area contributed by atoms with E-state index in [2.05, 4.69) is 5.10 Å². The Kier molecular flexibility index (Phi) is 4.85. The minimum absolute atomic E-state index is 0.165. The third-order valence-electron chi connectivity index (χ3n) is 5.29. The van der Waals surface area contributed by atoms with E-state index in [-0.39, 0.29) is 17.0 Å². The fourth-order valence-corrected chi connectivity index (χ4v) is 3.95. The maximum absolute atomic E-state index is 13.0. The molecule has 1 aliphatic heterocycles. The normalized spacial score (nSPS) is 14.4. The molecule has 3 heterocycles. The predicted octanol–water partition coefficient (Wildman–Crippen LogP) is 2.45. The largest absolute Gasteiger partial charge is 0.343 e. The Bertz CT molecular complexity index is 1160. The highest BCUT2D eigenvalue weighted by Gasteiger charge is 2.20. The molecule has 146 valence electrons. The van der Waals surface area contributed by atoms with E-state index in [0.29, 0.717) is 53.2 Å². The number of nitrogens with one attached hydrogen (secondary N) is 1. The Morgan fingerprint density at radius 2 is 1.86 bits per heavy atom. The summed E-state index contributed by atoms with van der Waals surface area (Å²) in [6.45, 7) is 3.67. The zero-order valence-corrected chi connectivity index (χ0v) is 16.3. The number of carbonyl (C=O) groups excluding carboxylic acids is 1. The first kappa shape index (κ1) is 18.6. The first-order valence-corrected chi connectivity index (χ1v) is 9.72. The van der Waals surface area contributed by atoms with E-state index >= 15 is 0 Å². The number of hydrogen-bond donors (Lipinski definition) is 1. The number of rotatable bonds is 5. The van der Waals surface area contributed by atoms with E-state index < -0.39 is 0 Å². The second-order valence-electron chi connectivity index (χ2n) is 7.07. The molecular weight excluding hydrogens is 380 g/mol. The molecule has 7 nitrogen and oxygen atoms in total. The van der Waals surface area contributed by atoms with E-state index in [9.17, 15) is 14.4 Å². The third kappa shape index (κ3) is 3.26. The summed E-state index contributed by atoms with van der Waals surface area (Å²) in [6, 6.07) is 8.36. The maximum Gasteiger partial charge on any atom is 0.280 e. The summed E-state index contributed by atoms with van der Waals surface area (Å²) < 4.78 is 3.03. The second-order valence-corrected chi connectivity index (χ2v) is 7.51. The Labute approximate surface area is 166 Å². The summed E-state index contributed by atoms with van der Waals surface area (Å²) in [7, 11) is 0. The molecule has 1 saturated heterocycles. The van der Waals surface area contributed by atoms with Gasteiger partial charge in [-0.3, -0.25) is 19.5 Å². The molecule has 1 amide bonds. The summed E-state index contributed by atoms with van der Waals surface area (Å²) in [4.78, 5) is 39.1. The number of H-pyrrole nitrogens is 1. The van der Waals surface area contributed by atoms with Crippen LogP contribution in [-0.2, 0) is 11.3 Å². The van der Waals surface area contributed by atoms with Gasteiger partial charge in [-0.25, -0.2) is 4.68 Å². The molecule has 1 N–H and O–H groups in total. The van der Waals surface area contributed by atoms with E-state index in [1.807, 2.05) is 4.90 Å². The van der Waals surface area contributed by atoms with Gasteiger partial charge in [0.05, 0.1) is 16.6 Å². The highest BCUT2D eigenvalue weighted by Crippen LogP contribution is 2.16. The number of amides is 1. The van der Waals surface area contributed by atoms with Crippen molar-refractivity contribution in [2.75, 3.05) is 13.1 Å². The SMILES string of the molecule is Cc1c2c(=O)n(-c3ccc(Cl)cc3)[nH]c2cc(=O)n1CCCN1CCCC1=O. The number of benzene rings is 1. The zero-order valence-electron chi connectivity index (χ0n) is 15.6. The average molecular weight is 401 g/mol. The molecule has 4 rings (SSSR count). The second kappa shape index (κ2) is 7.31. The Hall–Kier alpha value is -2.80. The van der Waals surface area contributed by atoms with Crippen molar-refractivity contribution in [2.45, 2.75) is 32.7 Å². The minimum Gasteiger partial charge on any atom is -0.343 e. The maximum atomic E-state index is 13.0. The van der Waals surface area contributed by atoms with Gasteiger partial charge in [-0.15, -0.1) is 0 Å². The molecule has 1 aromatic carbocycles. The van der Waals surface area contributed by atoms with Gasteiger partial charge in [-0.05, 0) is 44.0 Å². The molecule has 1 fully saturated rings. The Morgan fingerprint density at radius 3 is 2.54 bits per heavy atom. The van der Waals surface area contributed by atoms with Crippen LogP contribution in [0.2, 0.25) is 5.02 Å². The van der Waals surface area contributed by atoms with Gasteiger partial charge in [-0.2, -0.15) is 0 Å². The molecule has 1 aliphatic rings. The third-order valence-corrected chi connectivity index (χ3v) is 5.54. The number of aromatic amines is 1. The number of aryl methyl sites for hydroxylation is 1. The van der Waals surface area contributed by atoms with Crippen LogP contribution in [0.15, 0.2) is 39.9 Å². The molecule has 3 aromatic rings. The average Bonchev–Trinajstić information content (AvgIpc) is 3.22. The lowest BCUT2D eigenvalue weighted by molar-refractivity contribution is -0.127. The first-order chi connectivity index (χ1) is 13.5. The Morgan fingerprint density at radius 1 is 1.11 bits per heavy atom. The number of halogens is 1. The number of nitrogens with zero attached hydrogens (tertiary/aromatic N) is 3. The van der Waals surface area contributed by atoms with Crippen LogP contribution in [0.1, 0.15) is 25.0 Å². The first-order valence-electron chi connectivity index (χ1n) is 9.34. The monoisotopic (exact) mass is 400 g/mol. The van der Waals surface area contributed by atoms with Gasteiger partial charge in [0.15, 0.2) is 0 Å². The van der Waals surface area contributed by atoms with Crippen molar-refractivity contribution < 1.29 is 4.79 Å². The molecule has 0 atom stereocenters. The highest BCUT2D eigenvalue weighted by atomic mass is 35.5. The number of carbonyl (C=O) groups is 1. The number of aromatic nitrogens is 3. The molecule has 8 heteroatoms. The molecule has 0 bridgehead atoms. The van der Waals surface area contributed by atoms with Crippen molar-refractivity contribution >= 4 is 28.4 Å². The van der Waals surface area contributed by atoms with Gasteiger partial charge in [-0.1, -0.05) is 11.6 Å². The van der Waals surface area contributed by atoms with Crippen LogP contribution in [0.25, 0.3) is 16.6 Å². The van der Waals surface area contributed by atoms with Crippen LogP contribution >= 0.6 is 11.6 Å². The van der Waals surface area contributed by atoms with Gasteiger partial charge in [0, 0.05) is 42.8 Å². The van der Waals surface area contributed by atoms with Crippen LogP contribution in [0, 0.1) is 6.92 Å². The van der Waals surface area contributed by atoms with Gasteiger partial charge in [0.25, 0.3) is 11.1 Å². The van der Waals surface area contributed by atoms with Crippen molar-refractivity contribution in [3.05, 3.63) is 61.8 Å². The molecule has 0 unspecified atom stereocenters. The van der Waals surface area contributed by atoms with Gasteiger partial charge in [0.2, 0.25) is 5.91 Å². The van der Waals surface area contributed by atoms with Crippen molar-refractivity contribution in [3.63, 3.8) is 0 Å². The van der Waals surface area contributed by atoms with Crippen molar-refractivity contribution in [2.24, 2.45) is 0 Å². The quantitative estimate of drug-likeness (QED) is 0.714. The van der Waals surface area contributed by atoms with Gasteiger partial charge in [0.1, 0.15) is 0 Å². The fraction of sp³-hybridized carbons (Fsp3) is 0.350. The predicted molar refractivity (Wildman–Crippen MR) is 108 cm³/mol. The summed E-state index contributed by atoms with van der Waals surface area (Å²) in [5, 5.41) is 4.09. The topological polar surface area (TPSA) is 80.1 Å². The molecule has 0 aliphatic carbocycles. The lowest BCUT2D eigenvalue weighted by atomic mass is 10.2. The van der Waals surface area contributed by atoms with Crippen molar-refractivity contribution in [3.8, 4) is 5.69 Å². The number of hydrogen-bond acceptors (Lipinski definition) is 3. The lowest BCUT2D eigenvalue weighted by Gasteiger charge is -2.16. The standard InChI is InChI=1S/C20H21ClN4O3/c1-13-19-16(22-25(20(19)28)15-7-5-14(21)6-8-15)12-18(27)24(13)11-3-10-23-9-2-4-17(23)26/h5-8,12,22H,2-4,9-11H2,1H3. The molecule has 0 saturated carbocycles. The summed E-state index contributed by atoms with van der Waals surface area (Å²) in [5.74, 6) is 0.177. The number of pyridine rings is 1. The van der Waals surface area contributed by atoms with Crippen LogP contribution < -0.4 is 11.1 Å². The van der Waals surface area contributed by atoms with Crippen LogP contribution in [0.3, 0.4) is 0 Å². The molecule has 2 aromatic heterocycles. The summed E-state index contributed by atoms with van der Waals surface area (Å²) in [5.41, 5.74) is 1.41. The van der Waals surface area contributed by atoms with E-state index in [4.69, 9.17) is 11.6 Å². The van der Waals surface area contributed by atoms with E-state index in [1.165, 1.54) is 10.7 Å². The minimum atomic E-state index is -0.210. The van der Waals surface area contributed by atoms with Crippen LogP contribution in [0.5, 0.6) is 0 Å². The van der Waals surface area contributed by atoms with Gasteiger partial charge < -0.3 is 9.47 Å². The number of likely N-dealkylation sites (tertiary alicyclic amines) is 1. The summed E-state index contributed by atoms with van der Waals surface area (Å²) in [6.07, 6.45) is 2.18. The fourth-order valence-electron chi connectivity index (χ4n) is 3.82.